The van der Waals surface area contributed by atoms with Gasteiger partial charge in [-0.15, -0.1) is 0 Å². The topological polar surface area (TPSA) is 66.7 Å². The number of nitrogens with one attached hydrogen (secondary N) is 2. The van der Waals surface area contributed by atoms with Crippen LogP contribution in [-0.4, -0.2) is 9.97 Å². The molecule has 0 atom stereocenters. The number of rotatable bonds is 2. The van der Waals surface area contributed by atoms with Crippen molar-refractivity contribution in [2.24, 2.45) is 0 Å². The van der Waals surface area contributed by atoms with Gasteiger partial charge in [0, 0.05) is 11.4 Å². The van der Waals surface area contributed by atoms with Gasteiger partial charge in [0.15, 0.2) is 0 Å². The summed E-state index contributed by atoms with van der Waals surface area (Å²) in [5.74, 6) is 0.719. The van der Waals surface area contributed by atoms with E-state index in [4.69, 9.17) is 5.73 Å². The molecule has 4 heteroatoms. The number of aromatic amines is 1. The summed E-state index contributed by atoms with van der Waals surface area (Å²) in [7, 11) is 0. The van der Waals surface area contributed by atoms with E-state index in [2.05, 4.69) is 15.3 Å². The third-order valence-corrected chi connectivity index (χ3v) is 2.54. The first-order valence-corrected chi connectivity index (χ1v) is 5.38. The van der Waals surface area contributed by atoms with Crippen LogP contribution in [0.2, 0.25) is 0 Å². The molecule has 2 aromatic carbocycles. The maximum atomic E-state index is 5.72. The molecule has 0 spiro atoms. The highest BCUT2D eigenvalue weighted by Crippen LogP contribution is 2.19. The van der Waals surface area contributed by atoms with Gasteiger partial charge in [-0.05, 0) is 30.3 Å². The molecule has 3 rings (SSSR count). The predicted molar refractivity (Wildman–Crippen MR) is 70.2 cm³/mol. The molecular weight excluding hydrogens is 212 g/mol. The average molecular weight is 224 g/mol. The number of anilines is 3. The Labute approximate surface area is 98.5 Å². The summed E-state index contributed by atoms with van der Waals surface area (Å²) in [4.78, 5) is 7.63. The highest BCUT2D eigenvalue weighted by atomic mass is 15.1. The van der Waals surface area contributed by atoms with Gasteiger partial charge >= 0.3 is 0 Å². The first kappa shape index (κ1) is 9.72. The Bertz CT molecular complexity index is 624. The lowest BCUT2D eigenvalue weighted by Gasteiger charge is -2.02. The number of nitrogen functional groups attached to an aromatic ring is 1. The molecule has 17 heavy (non-hydrogen) atoms. The van der Waals surface area contributed by atoms with E-state index in [-0.39, 0.29) is 0 Å². The SMILES string of the molecule is Nc1cccc(Nc2nc3ccccc3[nH]2)c1. The van der Waals surface area contributed by atoms with Gasteiger partial charge in [-0.1, -0.05) is 18.2 Å². The second-order valence-corrected chi connectivity index (χ2v) is 3.85. The van der Waals surface area contributed by atoms with E-state index in [0.29, 0.717) is 0 Å². The molecule has 84 valence electrons. The van der Waals surface area contributed by atoms with Gasteiger partial charge in [0.1, 0.15) is 0 Å². The van der Waals surface area contributed by atoms with Crippen LogP contribution in [0.3, 0.4) is 0 Å². The Morgan fingerprint density at radius 2 is 1.94 bits per heavy atom. The van der Waals surface area contributed by atoms with Crippen LogP contribution in [0.25, 0.3) is 11.0 Å². The second-order valence-electron chi connectivity index (χ2n) is 3.85. The zero-order valence-electron chi connectivity index (χ0n) is 9.14. The Morgan fingerprint density at radius 3 is 2.76 bits per heavy atom. The lowest BCUT2D eigenvalue weighted by Crippen LogP contribution is -1.93. The summed E-state index contributed by atoms with van der Waals surface area (Å²) in [5.41, 5.74) is 9.32. The zero-order chi connectivity index (χ0) is 11.7. The molecule has 1 aromatic heterocycles. The van der Waals surface area contributed by atoms with Gasteiger partial charge in [-0.3, -0.25) is 0 Å². The number of fused-ring (bicyclic) bond motifs is 1. The first-order chi connectivity index (χ1) is 8.31. The Hall–Kier alpha value is -2.49. The summed E-state index contributed by atoms with van der Waals surface area (Å²) >= 11 is 0. The van der Waals surface area contributed by atoms with Crippen LogP contribution in [-0.2, 0) is 0 Å². The van der Waals surface area contributed by atoms with Crippen LogP contribution < -0.4 is 11.1 Å². The number of imidazole rings is 1. The van der Waals surface area contributed by atoms with Crippen molar-refractivity contribution in [2.75, 3.05) is 11.1 Å². The third-order valence-electron chi connectivity index (χ3n) is 2.54. The molecule has 0 aliphatic rings. The smallest absolute Gasteiger partial charge is 0.205 e. The Kier molecular flexibility index (Phi) is 2.19. The molecule has 4 nitrogen and oxygen atoms in total. The van der Waals surface area contributed by atoms with E-state index in [9.17, 15) is 0 Å². The van der Waals surface area contributed by atoms with Crippen molar-refractivity contribution in [3.05, 3.63) is 48.5 Å². The van der Waals surface area contributed by atoms with Crippen molar-refractivity contribution in [1.82, 2.24) is 9.97 Å². The lowest BCUT2D eigenvalue weighted by atomic mass is 10.3. The van der Waals surface area contributed by atoms with Crippen molar-refractivity contribution in [3.8, 4) is 0 Å². The molecule has 0 radical (unpaired) electrons. The molecule has 3 aromatic rings. The lowest BCUT2D eigenvalue weighted by molar-refractivity contribution is 1.31. The van der Waals surface area contributed by atoms with Crippen molar-refractivity contribution in [2.45, 2.75) is 0 Å². The molecule has 0 fully saturated rings. The quantitative estimate of drug-likeness (QED) is 0.586. The van der Waals surface area contributed by atoms with Crippen molar-refractivity contribution >= 4 is 28.4 Å². The molecule has 4 N–H and O–H groups in total. The highest BCUT2D eigenvalue weighted by molar-refractivity contribution is 5.78. The van der Waals surface area contributed by atoms with Gasteiger partial charge in [0.2, 0.25) is 5.95 Å². The van der Waals surface area contributed by atoms with Crippen LogP contribution >= 0.6 is 0 Å². The van der Waals surface area contributed by atoms with Crippen LogP contribution in [0, 0.1) is 0 Å². The van der Waals surface area contributed by atoms with Crippen molar-refractivity contribution in [3.63, 3.8) is 0 Å². The summed E-state index contributed by atoms with van der Waals surface area (Å²) in [6.45, 7) is 0. The van der Waals surface area contributed by atoms with Gasteiger partial charge in [0.25, 0.3) is 0 Å². The number of nitrogens with two attached hydrogens (primary N) is 1. The van der Waals surface area contributed by atoms with Crippen LogP contribution in [0.5, 0.6) is 0 Å². The van der Waals surface area contributed by atoms with Gasteiger partial charge in [-0.25, -0.2) is 4.98 Å². The van der Waals surface area contributed by atoms with E-state index >= 15 is 0 Å². The van der Waals surface area contributed by atoms with E-state index in [1.807, 2.05) is 48.5 Å². The summed E-state index contributed by atoms with van der Waals surface area (Å²) in [6.07, 6.45) is 0. The van der Waals surface area contributed by atoms with E-state index in [0.717, 1.165) is 28.4 Å². The fourth-order valence-corrected chi connectivity index (χ4v) is 1.77. The number of H-pyrrole nitrogens is 1. The first-order valence-electron chi connectivity index (χ1n) is 5.38. The van der Waals surface area contributed by atoms with Gasteiger partial charge in [0.05, 0.1) is 11.0 Å². The summed E-state index contributed by atoms with van der Waals surface area (Å²) < 4.78 is 0. The van der Waals surface area contributed by atoms with Crippen LogP contribution in [0.4, 0.5) is 17.3 Å². The molecular formula is C13H12N4. The fraction of sp³-hybridized carbons (Fsp3) is 0. The minimum atomic E-state index is 0.719. The van der Waals surface area contributed by atoms with Gasteiger partial charge in [-0.2, -0.15) is 0 Å². The minimum Gasteiger partial charge on any atom is -0.399 e. The van der Waals surface area contributed by atoms with Crippen molar-refractivity contribution in [1.29, 1.82) is 0 Å². The Balaban J connectivity index is 1.94. The molecule has 0 saturated heterocycles. The molecule has 1 heterocycles. The molecule has 0 bridgehead atoms. The number of hydrogen-bond acceptors (Lipinski definition) is 3. The summed E-state index contributed by atoms with van der Waals surface area (Å²) in [6, 6.07) is 15.5. The number of aromatic nitrogens is 2. The maximum Gasteiger partial charge on any atom is 0.205 e. The fourth-order valence-electron chi connectivity index (χ4n) is 1.77. The molecule has 0 aliphatic heterocycles. The Morgan fingerprint density at radius 1 is 1.06 bits per heavy atom. The molecule has 0 unspecified atom stereocenters. The standard InChI is InChI=1S/C13H12N4/c14-9-4-3-5-10(8-9)15-13-16-11-6-1-2-7-12(11)17-13/h1-8H,14H2,(H2,15,16,17). The average Bonchev–Trinajstić information content (AvgIpc) is 2.71. The van der Waals surface area contributed by atoms with E-state index < -0.39 is 0 Å². The van der Waals surface area contributed by atoms with Gasteiger partial charge < -0.3 is 16.0 Å². The van der Waals surface area contributed by atoms with E-state index in [1.165, 1.54) is 0 Å². The molecule has 0 saturated carbocycles. The third kappa shape index (κ3) is 1.92. The number of hydrogen-bond donors (Lipinski definition) is 3. The largest absolute Gasteiger partial charge is 0.399 e. The normalized spacial score (nSPS) is 10.6. The molecule has 0 amide bonds. The predicted octanol–water partition coefficient (Wildman–Crippen LogP) is 2.89. The monoisotopic (exact) mass is 224 g/mol. The number of nitrogens with zero attached hydrogens (tertiary/aromatic N) is 1. The van der Waals surface area contributed by atoms with Crippen LogP contribution in [0.15, 0.2) is 48.5 Å². The van der Waals surface area contributed by atoms with Crippen LogP contribution in [0.1, 0.15) is 0 Å². The number of benzene rings is 2. The highest BCUT2D eigenvalue weighted by Gasteiger charge is 2.01. The van der Waals surface area contributed by atoms with Crippen molar-refractivity contribution < 1.29 is 0 Å². The number of para-hydroxylation sites is 2. The molecule has 0 aliphatic carbocycles. The maximum absolute atomic E-state index is 5.72. The minimum absolute atomic E-state index is 0.719. The zero-order valence-corrected chi connectivity index (χ0v) is 9.14. The van der Waals surface area contributed by atoms with E-state index in [1.54, 1.807) is 0 Å². The second kappa shape index (κ2) is 3.83. The summed E-state index contributed by atoms with van der Waals surface area (Å²) in [5, 5.41) is 3.19.